The fourth-order valence-electron chi connectivity index (χ4n) is 4.57. The Bertz CT molecular complexity index is 1370. The number of hydrogen-bond acceptors (Lipinski definition) is 6. The highest BCUT2D eigenvalue weighted by atomic mass is 19.4. The summed E-state index contributed by atoms with van der Waals surface area (Å²) in [7, 11) is 2.98. The lowest BCUT2D eigenvalue weighted by atomic mass is 9.90. The molecule has 4 amide bonds. The molecule has 0 fully saturated rings. The van der Waals surface area contributed by atoms with E-state index in [-0.39, 0.29) is 36.7 Å². The number of hydrogen-bond donors (Lipinski definition) is 2. The summed E-state index contributed by atoms with van der Waals surface area (Å²) >= 11 is 0. The van der Waals surface area contributed by atoms with E-state index >= 15 is 0 Å². The van der Waals surface area contributed by atoms with Gasteiger partial charge in [-0.25, -0.2) is 9.80 Å². The van der Waals surface area contributed by atoms with E-state index in [9.17, 15) is 37.9 Å². The number of nitrogens with zero attached hydrogens (tertiary/aromatic N) is 5. The second kappa shape index (κ2) is 10.8. The number of hydrazine groups is 1. The molecule has 4 rings (SSSR count). The van der Waals surface area contributed by atoms with Crippen LogP contribution in [0.3, 0.4) is 0 Å². The van der Waals surface area contributed by atoms with Crippen molar-refractivity contribution in [2.45, 2.75) is 12.2 Å². The zero-order chi connectivity index (χ0) is 28.5. The summed E-state index contributed by atoms with van der Waals surface area (Å²) in [6.07, 6.45) is -4.68. The van der Waals surface area contributed by atoms with E-state index in [1.807, 2.05) is 6.07 Å². The Balaban J connectivity index is 1.93. The molecule has 10 nitrogen and oxygen atoms in total. The van der Waals surface area contributed by atoms with Gasteiger partial charge in [-0.05, 0) is 35.9 Å². The predicted molar refractivity (Wildman–Crippen MR) is 132 cm³/mol. The Morgan fingerprint density at radius 2 is 1.90 bits per heavy atom. The minimum atomic E-state index is -4.68. The smallest absolute Gasteiger partial charge is 0.395 e. The normalized spacial score (nSPS) is 18.0. The Labute approximate surface area is 222 Å². The van der Waals surface area contributed by atoms with Crippen LogP contribution in [-0.4, -0.2) is 78.1 Å². The van der Waals surface area contributed by atoms with Crippen LogP contribution < -0.4 is 10.3 Å². The maximum absolute atomic E-state index is 14.1. The van der Waals surface area contributed by atoms with Crippen LogP contribution in [0.2, 0.25) is 0 Å². The number of halogens is 3. The topological polar surface area (TPSA) is 120 Å². The second-order valence-electron chi connectivity index (χ2n) is 9.13. The summed E-state index contributed by atoms with van der Waals surface area (Å²) in [4.78, 5) is 43.9. The summed E-state index contributed by atoms with van der Waals surface area (Å²) in [6, 6.07) is 10.4. The lowest BCUT2D eigenvalue weighted by Gasteiger charge is -2.46. The van der Waals surface area contributed by atoms with Gasteiger partial charge in [0.1, 0.15) is 6.54 Å². The number of benzene rings is 2. The lowest BCUT2D eigenvalue weighted by Crippen LogP contribution is -2.60. The summed E-state index contributed by atoms with van der Waals surface area (Å²) < 4.78 is 40.7. The van der Waals surface area contributed by atoms with Gasteiger partial charge in [0.05, 0.1) is 53.3 Å². The zero-order valence-corrected chi connectivity index (χ0v) is 21.1. The first-order valence-electron chi connectivity index (χ1n) is 11.8. The van der Waals surface area contributed by atoms with Crippen molar-refractivity contribution in [2.24, 2.45) is 0 Å². The van der Waals surface area contributed by atoms with Crippen molar-refractivity contribution < 1.29 is 32.7 Å². The maximum Gasteiger partial charge on any atom is 0.416 e. The molecule has 2 aliphatic heterocycles. The number of carbonyl (C=O) groups is 3. The van der Waals surface area contributed by atoms with Crippen molar-refractivity contribution in [3.63, 3.8) is 0 Å². The number of nitriles is 1. The first-order chi connectivity index (χ1) is 18.5. The highest BCUT2D eigenvalue weighted by molar-refractivity contribution is 6.06. The van der Waals surface area contributed by atoms with Crippen LogP contribution in [0.1, 0.15) is 22.7 Å². The number of rotatable bonds is 6. The molecule has 2 aromatic rings. The van der Waals surface area contributed by atoms with E-state index in [1.165, 1.54) is 35.2 Å². The van der Waals surface area contributed by atoms with Crippen molar-refractivity contribution >= 4 is 23.5 Å². The molecule has 0 aliphatic carbocycles. The molecule has 13 heteroatoms. The minimum absolute atomic E-state index is 0.0119. The molecule has 0 saturated carbocycles. The van der Waals surface area contributed by atoms with E-state index in [4.69, 9.17) is 0 Å². The van der Waals surface area contributed by atoms with Gasteiger partial charge in [0, 0.05) is 20.6 Å². The van der Waals surface area contributed by atoms with Gasteiger partial charge in [-0.2, -0.15) is 18.4 Å². The van der Waals surface area contributed by atoms with Gasteiger partial charge in [0.2, 0.25) is 5.91 Å². The summed E-state index contributed by atoms with van der Waals surface area (Å²) in [5.41, 5.74) is 2.54. The average Bonchev–Trinajstić information content (AvgIpc) is 2.89. The van der Waals surface area contributed by atoms with Gasteiger partial charge in [-0.1, -0.05) is 18.2 Å². The van der Waals surface area contributed by atoms with Crippen LogP contribution in [0, 0.1) is 11.3 Å². The summed E-state index contributed by atoms with van der Waals surface area (Å²) in [6.45, 7) is -0.883. The average molecular weight is 543 g/mol. The highest BCUT2D eigenvalue weighted by Crippen LogP contribution is 2.42. The number of amides is 4. The van der Waals surface area contributed by atoms with Gasteiger partial charge in [-0.3, -0.25) is 19.9 Å². The highest BCUT2D eigenvalue weighted by Gasteiger charge is 2.47. The molecule has 0 bridgehead atoms. The van der Waals surface area contributed by atoms with Crippen molar-refractivity contribution in [3.8, 4) is 6.07 Å². The Kier molecular flexibility index (Phi) is 7.62. The molecule has 2 aromatic carbocycles. The molecule has 0 saturated heterocycles. The first-order valence-corrected chi connectivity index (χ1v) is 11.8. The molecule has 0 radical (unpaired) electrons. The fraction of sp³-hybridized carbons (Fsp3) is 0.308. The maximum atomic E-state index is 14.1. The monoisotopic (exact) mass is 542 g/mol. The SMILES string of the molecule is CN1CC2=C(C(=O)N1)[C@@H](c1ccc(C#N)cc1)N(CC(=O)N(C)CCO)C(=O)N2c1cccc(C(F)(F)F)c1. The molecule has 204 valence electrons. The van der Waals surface area contributed by atoms with Crippen molar-refractivity contribution in [1.29, 1.82) is 5.26 Å². The minimum Gasteiger partial charge on any atom is -0.395 e. The number of nitrogens with one attached hydrogen (secondary N) is 1. The van der Waals surface area contributed by atoms with Crippen LogP contribution in [0.25, 0.3) is 0 Å². The number of alkyl halides is 3. The summed E-state index contributed by atoms with van der Waals surface area (Å²) in [5.74, 6) is -1.16. The molecular formula is C26H25F3N6O4. The molecule has 0 spiro atoms. The van der Waals surface area contributed by atoms with Gasteiger partial charge in [0.15, 0.2) is 0 Å². The van der Waals surface area contributed by atoms with Gasteiger partial charge < -0.3 is 14.9 Å². The fourth-order valence-corrected chi connectivity index (χ4v) is 4.57. The van der Waals surface area contributed by atoms with E-state index in [2.05, 4.69) is 5.43 Å². The number of anilines is 1. The Morgan fingerprint density at radius 3 is 2.51 bits per heavy atom. The zero-order valence-electron chi connectivity index (χ0n) is 21.1. The van der Waals surface area contributed by atoms with Crippen molar-refractivity contribution in [1.82, 2.24) is 20.2 Å². The predicted octanol–water partition coefficient (Wildman–Crippen LogP) is 2.24. The Morgan fingerprint density at radius 1 is 1.21 bits per heavy atom. The second-order valence-corrected chi connectivity index (χ2v) is 9.13. The van der Waals surface area contributed by atoms with Crippen LogP contribution >= 0.6 is 0 Å². The van der Waals surface area contributed by atoms with E-state index in [0.29, 0.717) is 11.1 Å². The molecule has 2 heterocycles. The molecule has 2 aliphatic rings. The third kappa shape index (κ3) is 5.43. The molecule has 0 aromatic heterocycles. The van der Waals surface area contributed by atoms with Gasteiger partial charge in [-0.15, -0.1) is 0 Å². The van der Waals surface area contributed by atoms with Crippen molar-refractivity contribution in [3.05, 3.63) is 76.5 Å². The quantitative estimate of drug-likeness (QED) is 0.578. The third-order valence-electron chi connectivity index (χ3n) is 6.48. The van der Waals surface area contributed by atoms with Crippen molar-refractivity contribution in [2.75, 3.05) is 45.2 Å². The van der Waals surface area contributed by atoms with Gasteiger partial charge in [0.25, 0.3) is 5.91 Å². The van der Waals surface area contributed by atoms with E-state index < -0.39 is 42.2 Å². The molecule has 39 heavy (non-hydrogen) atoms. The molecule has 1 atom stereocenters. The molecule has 0 unspecified atom stereocenters. The van der Waals surface area contributed by atoms with Crippen LogP contribution in [0.5, 0.6) is 0 Å². The molecule has 2 N–H and O–H groups in total. The molecular weight excluding hydrogens is 517 g/mol. The number of aliphatic hydroxyl groups excluding tert-OH is 1. The Hall–Kier alpha value is -4.41. The van der Waals surface area contributed by atoms with E-state index in [0.717, 1.165) is 28.0 Å². The number of urea groups is 1. The first kappa shape index (κ1) is 27.6. The number of likely N-dealkylation sites (N-methyl/N-ethyl adjacent to an activating group) is 2. The van der Waals surface area contributed by atoms with E-state index in [1.54, 1.807) is 19.2 Å². The van der Waals surface area contributed by atoms with Crippen LogP contribution in [0.15, 0.2) is 59.8 Å². The van der Waals surface area contributed by atoms with Crippen LogP contribution in [0.4, 0.5) is 23.7 Å². The largest absolute Gasteiger partial charge is 0.416 e. The third-order valence-corrected chi connectivity index (χ3v) is 6.48. The van der Waals surface area contributed by atoms with Crippen LogP contribution in [-0.2, 0) is 15.8 Å². The number of aliphatic hydroxyl groups is 1. The standard InChI is InChI=1S/C26H25F3N6O4/c1-32(10-11-36)21(37)15-34-23(17-8-6-16(13-30)7-9-17)22-20(14-33(2)31-24(22)38)35(25(34)39)19-5-3-4-18(12-19)26(27,28)29/h3-9,12,23,36H,10-11,14-15H2,1-2H3,(H,31,38)/t23-/m1/s1. The summed E-state index contributed by atoms with van der Waals surface area (Å²) in [5, 5.41) is 19.9. The number of carbonyl (C=O) groups excluding carboxylic acids is 3. The lowest BCUT2D eigenvalue weighted by molar-refractivity contribution is -0.137. The van der Waals surface area contributed by atoms with Gasteiger partial charge >= 0.3 is 12.2 Å².